The minimum atomic E-state index is -0.177. The zero-order valence-corrected chi connectivity index (χ0v) is 16.6. The second-order valence-corrected chi connectivity index (χ2v) is 6.88. The lowest BCUT2D eigenvalue weighted by atomic mass is 10.1. The number of benzene rings is 2. The molecule has 0 spiro atoms. The van der Waals surface area contributed by atoms with Gasteiger partial charge in [0, 0.05) is 30.9 Å². The highest BCUT2D eigenvalue weighted by Gasteiger charge is 2.12. The molecule has 28 heavy (non-hydrogen) atoms. The highest BCUT2D eigenvalue weighted by molar-refractivity contribution is 6.10. The van der Waals surface area contributed by atoms with Crippen LogP contribution >= 0.6 is 0 Å². The first-order chi connectivity index (χ1) is 13.6. The quantitative estimate of drug-likeness (QED) is 0.618. The van der Waals surface area contributed by atoms with Gasteiger partial charge < -0.3 is 10.1 Å². The summed E-state index contributed by atoms with van der Waals surface area (Å²) in [5.41, 5.74) is 3.87. The van der Waals surface area contributed by atoms with Crippen LogP contribution in [0.25, 0.3) is 0 Å². The van der Waals surface area contributed by atoms with E-state index in [1.165, 1.54) is 5.56 Å². The van der Waals surface area contributed by atoms with Crippen LogP contribution in [-0.4, -0.2) is 56.2 Å². The standard InChI is InChI=1S/C22H28N4O2/c1-17-7-6-10-20(18(17)2)24-22(23-11-12-26-13-15-28-16-14-26)25-21(27)19-8-4-3-5-9-19/h3-10H,11-16H2,1-2H3,(H2,23,24,25,27). The number of amides is 1. The Balaban J connectivity index is 1.71. The Hall–Kier alpha value is -2.70. The fourth-order valence-electron chi connectivity index (χ4n) is 3.02. The van der Waals surface area contributed by atoms with Crippen molar-refractivity contribution in [2.75, 3.05) is 44.7 Å². The number of morpholine rings is 1. The van der Waals surface area contributed by atoms with Gasteiger partial charge in [-0.15, -0.1) is 0 Å². The second-order valence-electron chi connectivity index (χ2n) is 6.88. The van der Waals surface area contributed by atoms with Crippen molar-refractivity contribution in [2.45, 2.75) is 13.8 Å². The molecule has 0 saturated carbocycles. The molecule has 6 nitrogen and oxygen atoms in total. The number of aryl methyl sites for hydroxylation is 1. The Morgan fingerprint density at radius 2 is 1.82 bits per heavy atom. The number of guanidine groups is 1. The van der Waals surface area contributed by atoms with Crippen LogP contribution in [0.2, 0.25) is 0 Å². The molecule has 0 bridgehead atoms. The van der Waals surface area contributed by atoms with Crippen molar-refractivity contribution in [2.24, 2.45) is 4.99 Å². The molecule has 0 unspecified atom stereocenters. The summed E-state index contributed by atoms with van der Waals surface area (Å²) >= 11 is 0. The highest BCUT2D eigenvalue weighted by Crippen LogP contribution is 2.17. The number of aliphatic imine (C=N–C) groups is 1. The molecule has 3 rings (SSSR count). The van der Waals surface area contributed by atoms with Gasteiger partial charge in [0.15, 0.2) is 0 Å². The van der Waals surface area contributed by atoms with Gasteiger partial charge in [-0.3, -0.25) is 20.0 Å². The molecule has 2 aromatic rings. The van der Waals surface area contributed by atoms with Gasteiger partial charge in [-0.1, -0.05) is 30.3 Å². The summed E-state index contributed by atoms with van der Waals surface area (Å²) in [5.74, 6) is 0.291. The zero-order chi connectivity index (χ0) is 19.8. The van der Waals surface area contributed by atoms with Gasteiger partial charge in [0.1, 0.15) is 0 Å². The first-order valence-electron chi connectivity index (χ1n) is 9.67. The van der Waals surface area contributed by atoms with Gasteiger partial charge in [-0.25, -0.2) is 0 Å². The molecule has 6 heteroatoms. The normalized spacial score (nSPS) is 15.3. The molecule has 2 aromatic carbocycles. The summed E-state index contributed by atoms with van der Waals surface area (Å²) in [6, 6.07) is 15.2. The van der Waals surface area contributed by atoms with E-state index in [-0.39, 0.29) is 5.91 Å². The Morgan fingerprint density at radius 3 is 2.57 bits per heavy atom. The number of rotatable bonds is 5. The van der Waals surface area contributed by atoms with Gasteiger partial charge in [-0.2, -0.15) is 0 Å². The van der Waals surface area contributed by atoms with Gasteiger partial charge in [0.05, 0.1) is 19.8 Å². The summed E-state index contributed by atoms with van der Waals surface area (Å²) in [6.07, 6.45) is 0. The van der Waals surface area contributed by atoms with Crippen LogP contribution in [-0.2, 0) is 4.74 Å². The maximum atomic E-state index is 12.6. The van der Waals surface area contributed by atoms with Crippen molar-refractivity contribution in [3.05, 3.63) is 65.2 Å². The summed E-state index contributed by atoms with van der Waals surface area (Å²) < 4.78 is 5.39. The third kappa shape index (κ3) is 5.65. The molecular weight excluding hydrogens is 352 g/mol. The largest absolute Gasteiger partial charge is 0.379 e. The molecule has 1 amide bonds. The number of hydrogen-bond acceptors (Lipinski definition) is 4. The van der Waals surface area contributed by atoms with Crippen molar-refractivity contribution in [3.8, 4) is 0 Å². The molecule has 1 fully saturated rings. The van der Waals surface area contributed by atoms with Gasteiger partial charge in [0.2, 0.25) is 5.96 Å². The van der Waals surface area contributed by atoms with E-state index < -0.39 is 0 Å². The molecule has 1 saturated heterocycles. The van der Waals surface area contributed by atoms with Crippen LogP contribution in [0.3, 0.4) is 0 Å². The third-order valence-corrected chi connectivity index (χ3v) is 4.92. The molecule has 1 aliphatic rings. The van der Waals surface area contributed by atoms with E-state index in [1.54, 1.807) is 12.1 Å². The number of nitrogens with one attached hydrogen (secondary N) is 2. The number of carbonyl (C=O) groups is 1. The maximum Gasteiger partial charge on any atom is 0.257 e. The molecule has 2 N–H and O–H groups in total. The first kappa shape index (κ1) is 20.0. The summed E-state index contributed by atoms with van der Waals surface area (Å²) in [5, 5.41) is 6.22. The van der Waals surface area contributed by atoms with Crippen molar-refractivity contribution < 1.29 is 9.53 Å². The molecule has 0 aromatic heterocycles. The summed E-state index contributed by atoms with van der Waals surface area (Å²) in [4.78, 5) is 19.6. The molecule has 0 aliphatic carbocycles. The van der Waals surface area contributed by atoms with Gasteiger partial charge in [0.25, 0.3) is 5.91 Å². The minimum absolute atomic E-state index is 0.177. The van der Waals surface area contributed by atoms with Crippen LogP contribution in [0.1, 0.15) is 21.5 Å². The Morgan fingerprint density at radius 1 is 1.07 bits per heavy atom. The SMILES string of the molecule is Cc1cccc(NC(=NCCN2CCOCC2)NC(=O)c2ccccc2)c1C. The predicted molar refractivity (Wildman–Crippen MR) is 113 cm³/mol. The van der Waals surface area contributed by atoms with Crippen LogP contribution < -0.4 is 10.6 Å². The average molecular weight is 380 g/mol. The molecule has 148 valence electrons. The third-order valence-electron chi connectivity index (χ3n) is 4.92. The monoisotopic (exact) mass is 380 g/mol. The van der Waals surface area contributed by atoms with E-state index >= 15 is 0 Å². The van der Waals surface area contributed by atoms with Gasteiger partial charge >= 0.3 is 0 Å². The molecule has 1 heterocycles. The molecule has 0 atom stereocenters. The van der Waals surface area contributed by atoms with E-state index in [2.05, 4.69) is 40.4 Å². The fourth-order valence-corrected chi connectivity index (χ4v) is 3.02. The van der Waals surface area contributed by atoms with Crippen LogP contribution in [0, 0.1) is 13.8 Å². The number of hydrogen-bond donors (Lipinski definition) is 2. The van der Waals surface area contributed by atoms with Crippen molar-refractivity contribution >= 4 is 17.6 Å². The lowest BCUT2D eigenvalue weighted by Gasteiger charge is -2.25. The van der Waals surface area contributed by atoms with E-state index in [0.717, 1.165) is 44.1 Å². The van der Waals surface area contributed by atoms with Crippen molar-refractivity contribution in [1.82, 2.24) is 10.2 Å². The molecule has 1 aliphatic heterocycles. The van der Waals surface area contributed by atoms with Crippen molar-refractivity contribution in [3.63, 3.8) is 0 Å². The Bertz CT molecular complexity index is 815. The topological polar surface area (TPSA) is 66.0 Å². The summed E-state index contributed by atoms with van der Waals surface area (Å²) in [7, 11) is 0. The highest BCUT2D eigenvalue weighted by atomic mass is 16.5. The number of ether oxygens (including phenoxy) is 1. The average Bonchev–Trinajstić information content (AvgIpc) is 2.72. The van der Waals surface area contributed by atoms with E-state index in [9.17, 15) is 4.79 Å². The van der Waals surface area contributed by atoms with E-state index in [4.69, 9.17) is 4.74 Å². The van der Waals surface area contributed by atoms with Crippen molar-refractivity contribution in [1.29, 1.82) is 0 Å². The minimum Gasteiger partial charge on any atom is -0.379 e. The smallest absolute Gasteiger partial charge is 0.257 e. The molecule has 0 radical (unpaired) electrons. The van der Waals surface area contributed by atoms with E-state index in [1.807, 2.05) is 30.3 Å². The fraction of sp³-hybridized carbons (Fsp3) is 0.364. The second kappa shape index (κ2) is 10.0. The van der Waals surface area contributed by atoms with Crippen LogP contribution in [0.4, 0.5) is 5.69 Å². The Kier molecular flexibility index (Phi) is 7.17. The number of nitrogens with zero attached hydrogens (tertiary/aromatic N) is 2. The predicted octanol–water partition coefficient (Wildman–Crippen LogP) is 2.83. The Labute approximate surface area is 166 Å². The first-order valence-corrected chi connectivity index (χ1v) is 9.67. The molecular formula is C22H28N4O2. The zero-order valence-electron chi connectivity index (χ0n) is 16.6. The summed E-state index contributed by atoms with van der Waals surface area (Å²) in [6.45, 7) is 8.94. The number of anilines is 1. The van der Waals surface area contributed by atoms with Gasteiger partial charge in [-0.05, 0) is 43.2 Å². The maximum absolute atomic E-state index is 12.6. The van der Waals surface area contributed by atoms with E-state index in [0.29, 0.717) is 18.1 Å². The van der Waals surface area contributed by atoms with Crippen LogP contribution in [0.15, 0.2) is 53.5 Å². The number of carbonyl (C=O) groups excluding carboxylic acids is 1. The van der Waals surface area contributed by atoms with Crippen LogP contribution in [0.5, 0.6) is 0 Å². The lowest BCUT2D eigenvalue weighted by Crippen LogP contribution is -2.39. The lowest BCUT2D eigenvalue weighted by molar-refractivity contribution is 0.0394.